The van der Waals surface area contributed by atoms with E-state index in [-0.39, 0.29) is 28.5 Å². The van der Waals surface area contributed by atoms with E-state index in [0.717, 1.165) is 10.9 Å². The summed E-state index contributed by atoms with van der Waals surface area (Å²) in [7, 11) is 0. The molecule has 2 aromatic heterocycles. The van der Waals surface area contributed by atoms with E-state index in [2.05, 4.69) is 4.98 Å². The van der Waals surface area contributed by atoms with Crippen molar-refractivity contribution in [3.05, 3.63) is 94.5 Å². The number of hydrogen-bond acceptors (Lipinski definition) is 5. The van der Waals surface area contributed by atoms with Gasteiger partial charge in [-0.2, -0.15) is 0 Å². The fraction of sp³-hybridized carbons (Fsp3) is 0.154. The number of Topliss-reactive ketones (excluding diaryl/α,β-unsaturated/α-hetero) is 1. The van der Waals surface area contributed by atoms with Gasteiger partial charge in [-0.1, -0.05) is 29.8 Å². The number of furan rings is 1. The Morgan fingerprint density at radius 1 is 1.18 bits per heavy atom. The first-order valence-electron chi connectivity index (χ1n) is 10.8. The number of halogens is 1. The predicted molar refractivity (Wildman–Crippen MR) is 127 cm³/mol. The van der Waals surface area contributed by atoms with Crippen LogP contribution in [0.3, 0.4) is 0 Å². The molecule has 0 bridgehead atoms. The maximum Gasteiger partial charge on any atom is 0.296 e. The van der Waals surface area contributed by atoms with Crippen LogP contribution in [-0.4, -0.2) is 33.3 Å². The zero-order valence-electron chi connectivity index (χ0n) is 18.2. The van der Waals surface area contributed by atoms with Crippen LogP contribution >= 0.6 is 11.6 Å². The van der Waals surface area contributed by atoms with Crippen molar-refractivity contribution in [1.29, 1.82) is 0 Å². The molecule has 1 amide bonds. The number of amides is 1. The molecule has 2 N–H and O–H groups in total. The van der Waals surface area contributed by atoms with Crippen molar-refractivity contribution in [3.8, 4) is 5.75 Å². The molecule has 0 saturated carbocycles. The number of nitrogens with one attached hydrogen (secondary N) is 1. The van der Waals surface area contributed by atoms with Crippen molar-refractivity contribution in [3.63, 3.8) is 0 Å². The molecule has 5 rings (SSSR count). The van der Waals surface area contributed by atoms with E-state index in [1.807, 2.05) is 31.2 Å². The number of likely N-dealkylation sites (tertiary alicyclic amines) is 1. The Balaban J connectivity index is 1.72. The monoisotopic (exact) mass is 476 g/mol. The van der Waals surface area contributed by atoms with Crippen molar-refractivity contribution >= 4 is 40.0 Å². The number of H-pyrrole nitrogens is 1. The fourth-order valence-electron chi connectivity index (χ4n) is 4.34. The summed E-state index contributed by atoms with van der Waals surface area (Å²) in [6.07, 6.45) is 3.26. The van der Waals surface area contributed by atoms with E-state index in [0.29, 0.717) is 23.7 Å². The Labute approximate surface area is 200 Å². The third-order valence-corrected chi connectivity index (χ3v) is 6.20. The summed E-state index contributed by atoms with van der Waals surface area (Å²) >= 11 is 6.39. The number of para-hydroxylation sites is 1. The quantitative estimate of drug-likeness (QED) is 0.219. The van der Waals surface area contributed by atoms with Crippen molar-refractivity contribution in [2.45, 2.75) is 19.5 Å². The maximum atomic E-state index is 13.3. The van der Waals surface area contributed by atoms with E-state index >= 15 is 0 Å². The highest BCUT2D eigenvalue weighted by molar-refractivity contribution is 6.47. The van der Waals surface area contributed by atoms with E-state index < -0.39 is 17.7 Å². The molecule has 172 valence electrons. The number of carbonyl (C=O) groups excluding carboxylic acids is 2. The number of aromatic amines is 1. The molecular formula is C26H21ClN2O5. The highest BCUT2D eigenvalue weighted by atomic mass is 35.5. The first-order valence-corrected chi connectivity index (χ1v) is 11.2. The number of ether oxygens (including phenoxy) is 1. The molecule has 3 heterocycles. The number of aliphatic hydroxyl groups excluding tert-OH is 1. The molecule has 0 radical (unpaired) electrons. The van der Waals surface area contributed by atoms with Crippen LogP contribution in [0.2, 0.25) is 5.02 Å². The number of ketones is 1. The van der Waals surface area contributed by atoms with Crippen LogP contribution in [0.1, 0.15) is 29.9 Å². The lowest BCUT2D eigenvalue weighted by Crippen LogP contribution is -2.29. The van der Waals surface area contributed by atoms with Gasteiger partial charge < -0.3 is 24.1 Å². The molecule has 1 aliphatic heterocycles. The summed E-state index contributed by atoms with van der Waals surface area (Å²) in [5, 5.41) is 12.4. The molecule has 1 fully saturated rings. The molecule has 0 spiro atoms. The summed E-state index contributed by atoms with van der Waals surface area (Å²) in [5.74, 6) is -0.880. The largest absolute Gasteiger partial charge is 0.507 e. The molecule has 34 heavy (non-hydrogen) atoms. The smallest absolute Gasteiger partial charge is 0.296 e. The summed E-state index contributed by atoms with van der Waals surface area (Å²) in [6, 6.07) is 15.0. The zero-order chi connectivity index (χ0) is 23.8. The molecule has 1 atom stereocenters. The van der Waals surface area contributed by atoms with Crippen LogP contribution in [0.15, 0.2) is 77.0 Å². The van der Waals surface area contributed by atoms with Gasteiger partial charge in [0.1, 0.15) is 17.3 Å². The summed E-state index contributed by atoms with van der Waals surface area (Å²) < 4.78 is 11.0. The van der Waals surface area contributed by atoms with E-state index in [1.165, 1.54) is 11.2 Å². The first kappa shape index (κ1) is 21.9. The third-order valence-electron chi connectivity index (χ3n) is 5.87. The molecule has 8 heteroatoms. The van der Waals surface area contributed by atoms with Gasteiger partial charge in [0.05, 0.1) is 36.1 Å². The van der Waals surface area contributed by atoms with Gasteiger partial charge in [0.15, 0.2) is 0 Å². The average Bonchev–Trinajstić information content (AvgIpc) is 3.56. The highest BCUT2D eigenvalue weighted by Gasteiger charge is 2.47. The lowest BCUT2D eigenvalue weighted by molar-refractivity contribution is -0.140. The molecule has 1 unspecified atom stereocenters. The molecular weight excluding hydrogens is 456 g/mol. The number of nitrogens with zero attached hydrogens (tertiary/aromatic N) is 1. The second-order valence-electron chi connectivity index (χ2n) is 7.87. The number of benzene rings is 2. The van der Waals surface area contributed by atoms with Crippen LogP contribution in [-0.2, 0) is 16.1 Å². The van der Waals surface area contributed by atoms with Gasteiger partial charge >= 0.3 is 0 Å². The molecule has 7 nitrogen and oxygen atoms in total. The third kappa shape index (κ3) is 3.64. The second-order valence-corrected chi connectivity index (χ2v) is 8.28. The molecule has 0 aliphatic carbocycles. The molecule has 2 aromatic carbocycles. The Kier molecular flexibility index (Phi) is 5.63. The van der Waals surface area contributed by atoms with Gasteiger partial charge in [-0.3, -0.25) is 9.59 Å². The topological polar surface area (TPSA) is 95.8 Å². The number of rotatable bonds is 6. The summed E-state index contributed by atoms with van der Waals surface area (Å²) in [6.45, 7) is 2.32. The molecule has 4 aromatic rings. The van der Waals surface area contributed by atoms with Gasteiger partial charge in [0.2, 0.25) is 0 Å². The summed E-state index contributed by atoms with van der Waals surface area (Å²) in [4.78, 5) is 31.1. The van der Waals surface area contributed by atoms with Crippen LogP contribution in [0.4, 0.5) is 0 Å². The van der Waals surface area contributed by atoms with Crippen LogP contribution in [0.25, 0.3) is 16.7 Å². The Bertz CT molecular complexity index is 1420. The number of fused-ring (bicyclic) bond motifs is 1. The van der Waals surface area contributed by atoms with E-state index in [4.69, 9.17) is 20.8 Å². The van der Waals surface area contributed by atoms with Crippen LogP contribution in [0.5, 0.6) is 5.75 Å². The van der Waals surface area contributed by atoms with Gasteiger partial charge in [-0.25, -0.2) is 0 Å². The van der Waals surface area contributed by atoms with Gasteiger partial charge in [0, 0.05) is 28.2 Å². The number of aliphatic hydroxyl groups is 1. The molecule has 1 saturated heterocycles. The van der Waals surface area contributed by atoms with Crippen LogP contribution < -0.4 is 4.74 Å². The fourth-order valence-corrected chi connectivity index (χ4v) is 4.55. The maximum absolute atomic E-state index is 13.3. The molecule has 1 aliphatic rings. The normalized spacial score (nSPS) is 17.6. The number of aromatic nitrogens is 1. The number of hydrogen-bond donors (Lipinski definition) is 2. The summed E-state index contributed by atoms with van der Waals surface area (Å²) in [5.41, 5.74) is 1.70. The minimum atomic E-state index is -0.854. The van der Waals surface area contributed by atoms with Crippen molar-refractivity contribution in [2.75, 3.05) is 6.61 Å². The van der Waals surface area contributed by atoms with E-state index in [9.17, 15) is 14.7 Å². The standard InChI is InChI=1S/C26H21ClN2O5/c1-2-33-15-9-10-20(27)18(12-15)24(30)22-23(19-13-28-21-8-4-3-7-17(19)21)29(26(32)25(22)31)14-16-6-5-11-34-16/h3-13,23,28,30H,2,14H2,1H3/b24-22+. The highest BCUT2D eigenvalue weighted by Crippen LogP contribution is 2.43. The number of carbonyl (C=O) groups is 2. The van der Waals surface area contributed by atoms with E-state index in [1.54, 1.807) is 36.5 Å². The first-order chi connectivity index (χ1) is 16.5. The average molecular weight is 477 g/mol. The minimum Gasteiger partial charge on any atom is -0.507 e. The second kappa shape index (κ2) is 8.76. The lowest BCUT2D eigenvalue weighted by atomic mass is 9.95. The van der Waals surface area contributed by atoms with Gasteiger partial charge in [0.25, 0.3) is 11.7 Å². The Morgan fingerprint density at radius 2 is 2.00 bits per heavy atom. The SMILES string of the molecule is CCOc1ccc(Cl)c(/C(O)=C2\C(=O)C(=O)N(Cc3ccco3)C2c2c[nH]c3ccccc23)c1. The van der Waals surface area contributed by atoms with Gasteiger partial charge in [-0.15, -0.1) is 0 Å². The lowest BCUT2D eigenvalue weighted by Gasteiger charge is -2.24. The predicted octanol–water partition coefficient (Wildman–Crippen LogP) is 5.43. The van der Waals surface area contributed by atoms with Crippen molar-refractivity contribution < 1.29 is 23.8 Å². The minimum absolute atomic E-state index is 0.0446. The van der Waals surface area contributed by atoms with Crippen molar-refractivity contribution in [1.82, 2.24) is 9.88 Å². The van der Waals surface area contributed by atoms with Gasteiger partial charge in [-0.05, 0) is 43.3 Å². The van der Waals surface area contributed by atoms with Crippen molar-refractivity contribution in [2.24, 2.45) is 0 Å². The Hall–Kier alpha value is -3.97. The van der Waals surface area contributed by atoms with Crippen LogP contribution in [0, 0.1) is 0 Å². The Morgan fingerprint density at radius 3 is 2.76 bits per heavy atom. The zero-order valence-corrected chi connectivity index (χ0v) is 19.0.